The first-order chi connectivity index (χ1) is 10.0. The van der Waals surface area contributed by atoms with E-state index in [0.717, 1.165) is 19.6 Å². The summed E-state index contributed by atoms with van der Waals surface area (Å²) >= 11 is 5.83. The zero-order chi connectivity index (χ0) is 15.0. The summed E-state index contributed by atoms with van der Waals surface area (Å²) in [5.41, 5.74) is 0. The summed E-state index contributed by atoms with van der Waals surface area (Å²) in [4.78, 5) is 29.6. The standard InChI is InChI=1S/C13H18ClN5O2/c1-16-9-12(20)19-5-3-17(8-11(19)13(16)21)2-4-18-7-10(14)6-15-18/h6-7,11H,2-5,8-9H2,1H3. The van der Waals surface area contributed by atoms with Crippen molar-refractivity contribution in [2.45, 2.75) is 12.6 Å². The topological polar surface area (TPSA) is 61.7 Å². The van der Waals surface area contributed by atoms with E-state index in [4.69, 9.17) is 11.6 Å². The normalized spacial score (nSPS) is 23.6. The van der Waals surface area contributed by atoms with Gasteiger partial charge in [-0.15, -0.1) is 0 Å². The van der Waals surface area contributed by atoms with Gasteiger partial charge in [-0.3, -0.25) is 19.2 Å². The maximum absolute atomic E-state index is 12.2. The number of amides is 2. The highest BCUT2D eigenvalue weighted by Gasteiger charge is 2.40. The molecule has 0 spiro atoms. The van der Waals surface area contributed by atoms with Gasteiger partial charge in [0.1, 0.15) is 6.04 Å². The molecule has 1 atom stereocenters. The Bertz CT molecular complexity index is 561. The molecule has 2 fully saturated rings. The minimum absolute atomic E-state index is 0.0291. The second-order valence-electron chi connectivity index (χ2n) is 5.52. The van der Waals surface area contributed by atoms with E-state index < -0.39 is 0 Å². The van der Waals surface area contributed by atoms with E-state index in [1.165, 1.54) is 4.90 Å². The first-order valence-corrected chi connectivity index (χ1v) is 7.37. The van der Waals surface area contributed by atoms with Crippen LogP contribution in [0.3, 0.4) is 0 Å². The van der Waals surface area contributed by atoms with E-state index in [0.29, 0.717) is 18.1 Å². The lowest BCUT2D eigenvalue weighted by Crippen LogP contribution is -2.66. The molecule has 114 valence electrons. The van der Waals surface area contributed by atoms with E-state index in [1.807, 2.05) is 0 Å². The van der Waals surface area contributed by atoms with Crippen LogP contribution >= 0.6 is 11.6 Å². The fourth-order valence-corrected chi connectivity index (χ4v) is 3.04. The van der Waals surface area contributed by atoms with Crippen LogP contribution in [-0.2, 0) is 16.1 Å². The number of carbonyl (C=O) groups excluding carboxylic acids is 2. The lowest BCUT2D eigenvalue weighted by atomic mass is 10.1. The predicted molar refractivity (Wildman–Crippen MR) is 76.8 cm³/mol. The van der Waals surface area contributed by atoms with Gasteiger partial charge in [-0.2, -0.15) is 5.10 Å². The molecule has 0 aromatic carbocycles. The third-order valence-electron chi connectivity index (χ3n) is 4.07. The van der Waals surface area contributed by atoms with Gasteiger partial charge < -0.3 is 9.80 Å². The Hall–Kier alpha value is -1.60. The molecule has 2 aliphatic rings. The van der Waals surface area contributed by atoms with Gasteiger partial charge in [-0.05, 0) is 0 Å². The highest BCUT2D eigenvalue weighted by atomic mass is 35.5. The molecule has 0 aliphatic carbocycles. The number of hydrogen-bond acceptors (Lipinski definition) is 4. The van der Waals surface area contributed by atoms with Crippen LogP contribution in [0.25, 0.3) is 0 Å². The Kier molecular flexibility index (Phi) is 3.86. The summed E-state index contributed by atoms with van der Waals surface area (Å²) in [5, 5.41) is 4.76. The molecular formula is C13H18ClN5O2. The average molecular weight is 312 g/mol. The van der Waals surface area contributed by atoms with Crippen molar-refractivity contribution in [3.8, 4) is 0 Å². The number of aromatic nitrogens is 2. The van der Waals surface area contributed by atoms with Crippen molar-refractivity contribution in [2.24, 2.45) is 0 Å². The molecule has 1 aromatic heterocycles. The summed E-state index contributed by atoms with van der Waals surface area (Å²) in [6, 6.07) is -0.341. The number of rotatable bonds is 3. The van der Waals surface area contributed by atoms with Crippen LogP contribution in [0.15, 0.2) is 12.4 Å². The Labute approximate surface area is 128 Å². The molecule has 0 bridgehead atoms. The first kappa shape index (κ1) is 14.3. The molecule has 21 heavy (non-hydrogen) atoms. The maximum Gasteiger partial charge on any atom is 0.246 e. The fourth-order valence-electron chi connectivity index (χ4n) is 2.88. The van der Waals surface area contributed by atoms with Crippen LogP contribution in [0.4, 0.5) is 0 Å². The van der Waals surface area contributed by atoms with Crippen molar-refractivity contribution in [2.75, 3.05) is 39.8 Å². The number of piperazine rings is 2. The molecule has 2 aliphatic heterocycles. The molecule has 1 aromatic rings. The van der Waals surface area contributed by atoms with Gasteiger partial charge in [-0.25, -0.2) is 0 Å². The van der Waals surface area contributed by atoms with Crippen LogP contribution < -0.4 is 0 Å². The second-order valence-corrected chi connectivity index (χ2v) is 5.96. The van der Waals surface area contributed by atoms with Gasteiger partial charge in [0.25, 0.3) is 0 Å². The van der Waals surface area contributed by atoms with Crippen molar-refractivity contribution in [1.29, 1.82) is 0 Å². The number of likely N-dealkylation sites (N-methyl/N-ethyl adjacent to an activating group) is 1. The first-order valence-electron chi connectivity index (χ1n) is 6.99. The van der Waals surface area contributed by atoms with Crippen LogP contribution in [0.5, 0.6) is 0 Å². The molecular weight excluding hydrogens is 294 g/mol. The van der Waals surface area contributed by atoms with E-state index in [2.05, 4.69) is 10.00 Å². The molecule has 1 unspecified atom stereocenters. The quantitative estimate of drug-likeness (QED) is 0.756. The minimum atomic E-state index is -0.341. The van der Waals surface area contributed by atoms with Gasteiger partial charge in [-0.1, -0.05) is 11.6 Å². The highest BCUT2D eigenvalue weighted by molar-refractivity contribution is 6.30. The molecule has 0 N–H and O–H groups in total. The Morgan fingerprint density at radius 3 is 2.86 bits per heavy atom. The van der Waals surface area contributed by atoms with Crippen LogP contribution in [0, 0.1) is 0 Å². The number of hydrogen-bond donors (Lipinski definition) is 0. The van der Waals surface area contributed by atoms with E-state index in [-0.39, 0.29) is 24.4 Å². The lowest BCUT2D eigenvalue weighted by molar-refractivity contribution is -0.158. The minimum Gasteiger partial charge on any atom is -0.335 e. The van der Waals surface area contributed by atoms with Gasteiger partial charge in [0, 0.05) is 39.4 Å². The zero-order valence-electron chi connectivity index (χ0n) is 11.9. The third-order valence-corrected chi connectivity index (χ3v) is 4.26. The molecule has 8 heteroatoms. The summed E-state index contributed by atoms with van der Waals surface area (Å²) < 4.78 is 1.79. The van der Waals surface area contributed by atoms with Crippen molar-refractivity contribution in [3.05, 3.63) is 17.4 Å². The number of nitrogens with zero attached hydrogens (tertiary/aromatic N) is 5. The molecule has 0 radical (unpaired) electrons. The maximum atomic E-state index is 12.2. The van der Waals surface area contributed by atoms with Crippen molar-refractivity contribution >= 4 is 23.4 Å². The smallest absolute Gasteiger partial charge is 0.246 e. The summed E-state index contributed by atoms with van der Waals surface area (Å²) in [5.74, 6) is 0.0713. The Morgan fingerprint density at radius 1 is 1.33 bits per heavy atom. The number of fused-ring (bicyclic) bond motifs is 1. The van der Waals surface area contributed by atoms with Crippen LogP contribution in [0.1, 0.15) is 0 Å². The molecule has 2 amide bonds. The van der Waals surface area contributed by atoms with E-state index in [9.17, 15) is 9.59 Å². The molecule has 3 rings (SSSR count). The molecule has 3 heterocycles. The molecule has 2 saturated heterocycles. The SMILES string of the molecule is CN1CC(=O)N2CCN(CCn3cc(Cl)cn3)CC2C1=O. The van der Waals surface area contributed by atoms with Crippen molar-refractivity contribution < 1.29 is 9.59 Å². The average Bonchev–Trinajstić information content (AvgIpc) is 2.88. The largest absolute Gasteiger partial charge is 0.335 e. The van der Waals surface area contributed by atoms with Gasteiger partial charge in [0.2, 0.25) is 11.8 Å². The van der Waals surface area contributed by atoms with E-state index in [1.54, 1.807) is 29.0 Å². The van der Waals surface area contributed by atoms with Crippen LogP contribution in [-0.4, -0.2) is 82.1 Å². The Morgan fingerprint density at radius 2 is 2.14 bits per heavy atom. The summed E-state index contributed by atoms with van der Waals surface area (Å²) in [7, 11) is 1.68. The van der Waals surface area contributed by atoms with Gasteiger partial charge in [0.15, 0.2) is 0 Å². The fraction of sp³-hybridized carbons (Fsp3) is 0.615. The summed E-state index contributed by atoms with van der Waals surface area (Å²) in [6.45, 7) is 3.69. The predicted octanol–water partition coefficient (Wildman–Crippen LogP) is -0.479. The number of carbonyl (C=O) groups is 2. The molecule has 7 nitrogen and oxygen atoms in total. The monoisotopic (exact) mass is 311 g/mol. The van der Waals surface area contributed by atoms with Crippen molar-refractivity contribution in [3.63, 3.8) is 0 Å². The van der Waals surface area contributed by atoms with Gasteiger partial charge in [0.05, 0.1) is 24.3 Å². The highest BCUT2D eigenvalue weighted by Crippen LogP contribution is 2.17. The zero-order valence-corrected chi connectivity index (χ0v) is 12.7. The summed E-state index contributed by atoms with van der Waals surface area (Å²) in [6.07, 6.45) is 3.39. The van der Waals surface area contributed by atoms with Gasteiger partial charge >= 0.3 is 0 Å². The third kappa shape index (κ3) is 2.89. The van der Waals surface area contributed by atoms with Crippen molar-refractivity contribution in [1.82, 2.24) is 24.5 Å². The lowest BCUT2D eigenvalue weighted by Gasteiger charge is -2.45. The Balaban J connectivity index is 1.60. The van der Waals surface area contributed by atoms with Crippen LogP contribution in [0.2, 0.25) is 5.02 Å². The van der Waals surface area contributed by atoms with E-state index >= 15 is 0 Å². The second kappa shape index (κ2) is 5.65. The number of halogens is 1. The molecule has 0 saturated carbocycles.